The van der Waals surface area contributed by atoms with Gasteiger partial charge in [0.2, 0.25) is 5.91 Å². The molecule has 23 heavy (non-hydrogen) atoms. The van der Waals surface area contributed by atoms with Gasteiger partial charge in [-0.25, -0.2) is 8.78 Å². The minimum atomic E-state index is -2.59. The van der Waals surface area contributed by atoms with Crippen LogP contribution in [0.25, 0.3) is 0 Å². The second kappa shape index (κ2) is 6.95. The van der Waals surface area contributed by atoms with Crippen LogP contribution in [0.5, 0.6) is 0 Å². The van der Waals surface area contributed by atoms with Crippen molar-refractivity contribution < 1.29 is 13.6 Å². The van der Waals surface area contributed by atoms with Crippen LogP contribution in [-0.4, -0.2) is 47.8 Å². The standard InChI is InChI=1S/C18H24F2N2O/c19-18(20)8-11-22(12-9-18)17(23)16-7-4-10-21(14-16)13-15-5-2-1-3-6-15/h1-3,5-6,16H,4,7-14H2. The quantitative estimate of drug-likeness (QED) is 0.853. The molecular formula is C18H24F2N2O. The summed E-state index contributed by atoms with van der Waals surface area (Å²) >= 11 is 0. The van der Waals surface area contributed by atoms with Gasteiger partial charge in [-0.3, -0.25) is 9.69 Å². The second-order valence-corrected chi connectivity index (χ2v) is 6.74. The summed E-state index contributed by atoms with van der Waals surface area (Å²) in [6.45, 7) is 2.97. The summed E-state index contributed by atoms with van der Waals surface area (Å²) in [5.74, 6) is -2.57. The number of benzene rings is 1. The first kappa shape index (κ1) is 16.4. The highest BCUT2D eigenvalue weighted by molar-refractivity contribution is 5.79. The normalized spacial score (nSPS) is 25.3. The van der Waals surface area contributed by atoms with Crippen LogP contribution >= 0.6 is 0 Å². The molecule has 0 bridgehead atoms. The van der Waals surface area contributed by atoms with E-state index in [-0.39, 0.29) is 37.8 Å². The van der Waals surface area contributed by atoms with E-state index in [1.54, 1.807) is 4.90 Å². The zero-order valence-electron chi connectivity index (χ0n) is 13.4. The Kier molecular flexibility index (Phi) is 4.95. The SMILES string of the molecule is O=C(C1CCCN(Cc2ccccc2)C1)N1CCC(F)(F)CC1. The van der Waals surface area contributed by atoms with Gasteiger partial charge < -0.3 is 4.90 Å². The molecule has 2 aliphatic rings. The number of carbonyl (C=O) groups excluding carboxylic acids is 1. The molecule has 5 heteroatoms. The van der Waals surface area contributed by atoms with E-state index in [0.717, 1.165) is 32.5 Å². The van der Waals surface area contributed by atoms with E-state index < -0.39 is 5.92 Å². The van der Waals surface area contributed by atoms with Crippen molar-refractivity contribution in [3.8, 4) is 0 Å². The Bertz CT molecular complexity index is 525. The maximum atomic E-state index is 13.2. The van der Waals surface area contributed by atoms with Crippen molar-refractivity contribution in [2.75, 3.05) is 26.2 Å². The van der Waals surface area contributed by atoms with Crippen molar-refractivity contribution in [3.05, 3.63) is 35.9 Å². The van der Waals surface area contributed by atoms with Gasteiger partial charge >= 0.3 is 0 Å². The van der Waals surface area contributed by atoms with Gasteiger partial charge in [-0.15, -0.1) is 0 Å². The first-order valence-electron chi connectivity index (χ1n) is 8.46. The summed E-state index contributed by atoms with van der Waals surface area (Å²) in [6.07, 6.45) is 1.47. The molecule has 1 aromatic rings. The molecule has 126 valence electrons. The number of hydrogen-bond acceptors (Lipinski definition) is 2. The van der Waals surface area contributed by atoms with E-state index in [1.165, 1.54) is 5.56 Å². The van der Waals surface area contributed by atoms with E-state index in [9.17, 15) is 13.6 Å². The minimum Gasteiger partial charge on any atom is -0.342 e. The highest BCUT2D eigenvalue weighted by Crippen LogP contribution is 2.29. The molecule has 0 spiro atoms. The summed E-state index contributed by atoms with van der Waals surface area (Å²) in [5, 5.41) is 0. The van der Waals surface area contributed by atoms with Crippen LogP contribution in [0.4, 0.5) is 8.78 Å². The Morgan fingerprint density at radius 2 is 1.83 bits per heavy atom. The summed E-state index contributed by atoms with van der Waals surface area (Å²) < 4.78 is 26.5. The monoisotopic (exact) mass is 322 g/mol. The van der Waals surface area contributed by atoms with E-state index in [1.807, 2.05) is 18.2 Å². The third-order valence-electron chi connectivity index (χ3n) is 4.91. The average molecular weight is 322 g/mol. The third-order valence-corrected chi connectivity index (χ3v) is 4.91. The fourth-order valence-electron chi connectivity index (χ4n) is 3.55. The predicted octanol–water partition coefficient (Wildman–Crippen LogP) is 3.16. The summed E-state index contributed by atoms with van der Waals surface area (Å²) in [7, 11) is 0. The zero-order valence-corrected chi connectivity index (χ0v) is 13.4. The largest absolute Gasteiger partial charge is 0.342 e. The van der Waals surface area contributed by atoms with Gasteiger partial charge in [-0.1, -0.05) is 30.3 Å². The van der Waals surface area contributed by atoms with Gasteiger partial charge in [0.15, 0.2) is 0 Å². The highest BCUT2D eigenvalue weighted by atomic mass is 19.3. The van der Waals surface area contributed by atoms with Gasteiger partial charge in [-0.05, 0) is 24.9 Å². The van der Waals surface area contributed by atoms with Crippen LogP contribution in [0.2, 0.25) is 0 Å². The maximum absolute atomic E-state index is 13.2. The Morgan fingerprint density at radius 1 is 1.13 bits per heavy atom. The number of hydrogen-bond donors (Lipinski definition) is 0. The molecule has 1 aromatic carbocycles. The Hall–Kier alpha value is -1.49. The fourth-order valence-corrected chi connectivity index (χ4v) is 3.55. The highest BCUT2D eigenvalue weighted by Gasteiger charge is 2.38. The van der Waals surface area contributed by atoms with E-state index in [2.05, 4.69) is 17.0 Å². The maximum Gasteiger partial charge on any atom is 0.251 e. The molecular weight excluding hydrogens is 298 g/mol. The molecule has 2 saturated heterocycles. The number of carbonyl (C=O) groups is 1. The molecule has 2 fully saturated rings. The molecule has 0 aliphatic carbocycles. The Labute approximate surface area is 136 Å². The smallest absolute Gasteiger partial charge is 0.251 e. The van der Waals surface area contributed by atoms with Crippen molar-refractivity contribution in [2.45, 2.75) is 38.2 Å². The lowest BCUT2D eigenvalue weighted by molar-refractivity contribution is -0.143. The number of amides is 1. The van der Waals surface area contributed by atoms with Crippen LogP contribution < -0.4 is 0 Å². The van der Waals surface area contributed by atoms with E-state index in [4.69, 9.17) is 0 Å². The lowest BCUT2D eigenvalue weighted by atomic mass is 9.94. The van der Waals surface area contributed by atoms with Crippen LogP contribution in [0, 0.1) is 5.92 Å². The molecule has 0 radical (unpaired) electrons. The number of likely N-dealkylation sites (tertiary alicyclic amines) is 2. The van der Waals surface area contributed by atoms with Crippen molar-refractivity contribution in [1.82, 2.24) is 9.80 Å². The van der Waals surface area contributed by atoms with E-state index in [0.29, 0.717) is 0 Å². The topological polar surface area (TPSA) is 23.6 Å². The van der Waals surface area contributed by atoms with Crippen molar-refractivity contribution in [1.29, 1.82) is 0 Å². The lowest BCUT2D eigenvalue weighted by Gasteiger charge is -2.37. The molecule has 0 aromatic heterocycles. The van der Waals surface area contributed by atoms with Gasteiger partial charge in [0.05, 0.1) is 5.92 Å². The van der Waals surface area contributed by atoms with E-state index >= 15 is 0 Å². The average Bonchev–Trinajstić information content (AvgIpc) is 2.55. The van der Waals surface area contributed by atoms with Crippen LogP contribution in [0.1, 0.15) is 31.2 Å². The number of nitrogens with zero attached hydrogens (tertiary/aromatic N) is 2. The first-order valence-corrected chi connectivity index (χ1v) is 8.46. The van der Waals surface area contributed by atoms with Crippen LogP contribution in [0.15, 0.2) is 30.3 Å². The van der Waals surface area contributed by atoms with Crippen molar-refractivity contribution in [2.24, 2.45) is 5.92 Å². The fraction of sp³-hybridized carbons (Fsp3) is 0.611. The van der Waals surface area contributed by atoms with Gasteiger partial charge in [0.1, 0.15) is 0 Å². The van der Waals surface area contributed by atoms with Gasteiger partial charge in [0.25, 0.3) is 5.92 Å². The molecule has 0 saturated carbocycles. The predicted molar refractivity (Wildman–Crippen MR) is 85.2 cm³/mol. The minimum absolute atomic E-state index is 0.0424. The number of alkyl halides is 2. The molecule has 0 N–H and O–H groups in total. The van der Waals surface area contributed by atoms with Crippen molar-refractivity contribution in [3.63, 3.8) is 0 Å². The van der Waals surface area contributed by atoms with Gasteiger partial charge in [-0.2, -0.15) is 0 Å². The molecule has 2 heterocycles. The molecule has 1 unspecified atom stereocenters. The summed E-state index contributed by atoms with van der Waals surface area (Å²) in [4.78, 5) is 16.6. The Balaban J connectivity index is 1.55. The summed E-state index contributed by atoms with van der Waals surface area (Å²) in [6, 6.07) is 10.2. The number of halogens is 2. The Morgan fingerprint density at radius 3 is 2.52 bits per heavy atom. The summed E-state index contributed by atoms with van der Waals surface area (Å²) in [5.41, 5.74) is 1.25. The first-order chi connectivity index (χ1) is 11.0. The molecule has 3 nitrogen and oxygen atoms in total. The van der Waals surface area contributed by atoms with Crippen LogP contribution in [-0.2, 0) is 11.3 Å². The zero-order chi connectivity index (χ0) is 16.3. The lowest BCUT2D eigenvalue weighted by Crippen LogP contribution is -2.48. The molecule has 1 atom stereocenters. The van der Waals surface area contributed by atoms with Crippen molar-refractivity contribution >= 4 is 5.91 Å². The molecule has 2 aliphatic heterocycles. The molecule has 1 amide bonds. The number of piperidine rings is 2. The number of rotatable bonds is 3. The second-order valence-electron chi connectivity index (χ2n) is 6.74. The van der Waals surface area contributed by atoms with Crippen LogP contribution in [0.3, 0.4) is 0 Å². The van der Waals surface area contributed by atoms with Gasteiger partial charge in [0, 0.05) is 39.0 Å². The molecule has 3 rings (SSSR count). The third kappa shape index (κ3) is 4.28.